The lowest BCUT2D eigenvalue weighted by molar-refractivity contribution is -0.179. The lowest BCUT2D eigenvalue weighted by Crippen LogP contribution is -2.28. The second-order valence-electron chi connectivity index (χ2n) is 6.15. The minimum absolute atomic E-state index is 0.0109. The highest BCUT2D eigenvalue weighted by molar-refractivity contribution is 6.07. The van der Waals surface area contributed by atoms with Gasteiger partial charge >= 0.3 is 5.97 Å². The van der Waals surface area contributed by atoms with Crippen LogP contribution in [0.5, 0.6) is 11.5 Å². The zero-order valence-corrected chi connectivity index (χ0v) is 15.3. The Bertz CT molecular complexity index is 957. The van der Waals surface area contributed by atoms with E-state index < -0.39 is 11.8 Å². The van der Waals surface area contributed by atoms with E-state index in [0.29, 0.717) is 22.6 Å². The minimum atomic E-state index is -2.00. The van der Waals surface area contributed by atoms with Crippen molar-refractivity contribution in [2.45, 2.75) is 5.79 Å². The van der Waals surface area contributed by atoms with E-state index in [1.165, 1.54) is 6.26 Å². The highest BCUT2D eigenvalue weighted by Crippen LogP contribution is 2.48. The third-order valence-electron chi connectivity index (χ3n) is 4.61. The van der Waals surface area contributed by atoms with Gasteiger partial charge in [-0.3, -0.25) is 0 Å². The van der Waals surface area contributed by atoms with Crippen LogP contribution in [0.1, 0.15) is 11.1 Å². The number of carbonyl (C=O) groups is 1. The largest absolute Gasteiger partial charge is 0.497 e. The van der Waals surface area contributed by atoms with Crippen molar-refractivity contribution in [1.29, 1.82) is 0 Å². The van der Waals surface area contributed by atoms with Crippen LogP contribution in [-0.4, -0.2) is 32.1 Å². The van der Waals surface area contributed by atoms with E-state index in [2.05, 4.69) is 0 Å². The molecule has 2 heterocycles. The van der Waals surface area contributed by atoms with Gasteiger partial charge in [0.15, 0.2) is 5.76 Å². The highest BCUT2D eigenvalue weighted by atomic mass is 16.7. The van der Waals surface area contributed by atoms with Crippen molar-refractivity contribution in [3.8, 4) is 11.5 Å². The standard InChI is InChI=1S/C21H18O7/c1-24-15-7-3-13(4-8-15)19-18(17-11-26-12-27-17)20(22)28-21(19,23)14-5-9-16(25-2)10-6-14/h3-11,23H,12H2,1-2H3. The molecular weight excluding hydrogens is 364 g/mol. The predicted molar refractivity (Wildman–Crippen MR) is 98.0 cm³/mol. The molecule has 0 aromatic heterocycles. The topological polar surface area (TPSA) is 83.5 Å². The number of esters is 1. The predicted octanol–water partition coefficient (Wildman–Crippen LogP) is 2.71. The molecule has 7 nitrogen and oxygen atoms in total. The van der Waals surface area contributed by atoms with E-state index in [-0.39, 0.29) is 23.7 Å². The number of rotatable bonds is 5. The Morgan fingerprint density at radius 1 is 0.964 bits per heavy atom. The van der Waals surface area contributed by atoms with Gasteiger partial charge in [-0.05, 0) is 42.0 Å². The summed E-state index contributed by atoms with van der Waals surface area (Å²) in [5, 5.41) is 11.5. The summed E-state index contributed by atoms with van der Waals surface area (Å²) in [6.07, 6.45) is 1.33. The van der Waals surface area contributed by atoms with Gasteiger partial charge < -0.3 is 28.8 Å². The smallest absolute Gasteiger partial charge is 0.345 e. The van der Waals surface area contributed by atoms with Crippen LogP contribution < -0.4 is 9.47 Å². The van der Waals surface area contributed by atoms with Gasteiger partial charge in [0.2, 0.25) is 6.79 Å². The fourth-order valence-corrected chi connectivity index (χ4v) is 3.22. The highest BCUT2D eigenvalue weighted by Gasteiger charge is 2.50. The molecule has 4 rings (SSSR count). The molecule has 0 bridgehead atoms. The Morgan fingerprint density at radius 2 is 1.57 bits per heavy atom. The van der Waals surface area contributed by atoms with Gasteiger partial charge in [0.25, 0.3) is 5.79 Å². The second kappa shape index (κ2) is 6.94. The van der Waals surface area contributed by atoms with Crippen molar-refractivity contribution in [2.24, 2.45) is 0 Å². The van der Waals surface area contributed by atoms with Gasteiger partial charge in [-0.1, -0.05) is 12.1 Å². The summed E-state index contributed by atoms with van der Waals surface area (Å²) < 4.78 is 26.3. The number of hydrogen-bond donors (Lipinski definition) is 1. The average molecular weight is 382 g/mol. The number of ether oxygens (including phenoxy) is 5. The summed E-state index contributed by atoms with van der Waals surface area (Å²) in [6, 6.07) is 13.6. The summed E-state index contributed by atoms with van der Waals surface area (Å²) in [4.78, 5) is 12.7. The zero-order valence-electron chi connectivity index (χ0n) is 15.3. The fourth-order valence-electron chi connectivity index (χ4n) is 3.22. The first-order chi connectivity index (χ1) is 13.6. The van der Waals surface area contributed by atoms with E-state index in [9.17, 15) is 9.90 Å². The normalized spacial score (nSPS) is 21.0. The van der Waals surface area contributed by atoms with Crippen molar-refractivity contribution in [3.63, 3.8) is 0 Å². The number of benzene rings is 2. The molecule has 0 saturated carbocycles. The Balaban J connectivity index is 1.90. The van der Waals surface area contributed by atoms with Gasteiger partial charge in [0.1, 0.15) is 23.3 Å². The number of methoxy groups -OCH3 is 2. The van der Waals surface area contributed by atoms with Gasteiger partial charge in [0, 0.05) is 5.56 Å². The van der Waals surface area contributed by atoms with Gasteiger partial charge in [-0.15, -0.1) is 0 Å². The summed E-state index contributed by atoms with van der Waals surface area (Å²) in [5.74, 6) is -1.24. The lowest BCUT2D eigenvalue weighted by atomic mass is 9.89. The van der Waals surface area contributed by atoms with E-state index in [1.54, 1.807) is 62.8 Å². The lowest BCUT2D eigenvalue weighted by Gasteiger charge is -2.26. The SMILES string of the molecule is COc1ccc(C2=C(C3=COCO3)C(=O)OC2(O)c2ccc(OC)cc2)cc1. The Kier molecular flexibility index (Phi) is 4.44. The van der Waals surface area contributed by atoms with Crippen molar-refractivity contribution in [3.05, 3.63) is 77.3 Å². The van der Waals surface area contributed by atoms with Crippen molar-refractivity contribution in [1.82, 2.24) is 0 Å². The van der Waals surface area contributed by atoms with Crippen LogP contribution in [0.4, 0.5) is 0 Å². The van der Waals surface area contributed by atoms with Crippen LogP contribution in [0, 0.1) is 0 Å². The Hall–Kier alpha value is -3.45. The molecular formula is C21H18O7. The van der Waals surface area contributed by atoms with E-state index in [0.717, 1.165) is 0 Å². The van der Waals surface area contributed by atoms with Gasteiger partial charge in [-0.2, -0.15) is 0 Å². The quantitative estimate of drug-likeness (QED) is 0.796. The third kappa shape index (κ3) is 2.86. The molecule has 144 valence electrons. The number of hydrogen-bond acceptors (Lipinski definition) is 7. The van der Waals surface area contributed by atoms with Gasteiger partial charge in [-0.25, -0.2) is 4.79 Å². The molecule has 2 aliphatic rings. The van der Waals surface area contributed by atoms with E-state index in [1.807, 2.05) is 0 Å². The van der Waals surface area contributed by atoms with Crippen molar-refractivity contribution < 1.29 is 33.6 Å². The van der Waals surface area contributed by atoms with Gasteiger partial charge in [0.05, 0.1) is 19.8 Å². The molecule has 0 saturated heterocycles. The monoisotopic (exact) mass is 382 g/mol. The molecule has 1 unspecified atom stereocenters. The van der Waals surface area contributed by atoms with Crippen LogP contribution in [0.15, 0.2) is 66.1 Å². The molecule has 0 fully saturated rings. The minimum Gasteiger partial charge on any atom is -0.497 e. The third-order valence-corrected chi connectivity index (χ3v) is 4.61. The molecule has 2 aliphatic heterocycles. The molecule has 0 amide bonds. The number of carbonyl (C=O) groups excluding carboxylic acids is 1. The number of cyclic esters (lactones) is 1. The second-order valence-corrected chi connectivity index (χ2v) is 6.15. The molecule has 0 radical (unpaired) electrons. The van der Waals surface area contributed by atoms with Crippen molar-refractivity contribution >= 4 is 11.5 Å². The zero-order chi connectivity index (χ0) is 19.7. The maximum atomic E-state index is 12.7. The van der Waals surface area contributed by atoms with Crippen LogP contribution in [-0.2, 0) is 24.8 Å². The van der Waals surface area contributed by atoms with E-state index in [4.69, 9.17) is 23.7 Å². The Labute approximate surface area is 161 Å². The molecule has 1 N–H and O–H groups in total. The van der Waals surface area contributed by atoms with Crippen molar-refractivity contribution in [2.75, 3.05) is 21.0 Å². The summed E-state index contributed by atoms with van der Waals surface area (Å²) in [7, 11) is 3.11. The molecule has 2 aromatic carbocycles. The molecule has 7 heteroatoms. The first-order valence-electron chi connectivity index (χ1n) is 8.51. The van der Waals surface area contributed by atoms with E-state index >= 15 is 0 Å². The molecule has 1 atom stereocenters. The summed E-state index contributed by atoms with van der Waals surface area (Å²) in [5.41, 5.74) is 1.33. The molecule has 2 aromatic rings. The van der Waals surface area contributed by atoms with Crippen LogP contribution >= 0.6 is 0 Å². The maximum Gasteiger partial charge on any atom is 0.345 e. The first kappa shape index (κ1) is 17.9. The molecule has 0 spiro atoms. The van der Waals surface area contributed by atoms with Crippen LogP contribution in [0.3, 0.4) is 0 Å². The first-order valence-corrected chi connectivity index (χ1v) is 8.51. The molecule has 0 aliphatic carbocycles. The fraction of sp³-hybridized carbons (Fsp3) is 0.190. The van der Waals surface area contributed by atoms with Crippen LogP contribution in [0.2, 0.25) is 0 Å². The number of aliphatic hydroxyl groups is 1. The Morgan fingerprint density at radius 3 is 2.11 bits per heavy atom. The maximum absolute atomic E-state index is 12.7. The average Bonchev–Trinajstić information content (AvgIpc) is 3.34. The van der Waals surface area contributed by atoms with Crippen LogP contribution in [0.25, 0.3) is 5.57 Å². The summed E-state index contributed by atoms with van der Waals surface area (Å²) in [6.45, 7) is -0.0109. The molecule has 28 heavy (non-hydrogen) atoms. The summed E-state index contributed by atoms with van der Waals surface area (Å²) >= 11 is 0.